The van der Waals surface area contributed by atoms with Crippen LogP contribution in [0.25, 0.3) is 0 Å². The van der Waals surface area contributed by atoms with Crippen LogP contribution in [-0.4, -0.2) is 0 Å². The molecule has 20 heavy (non-hydrogen) atoms. The van der Waals surface area contributed by atoms with Crippen LogP contribution in [0.5, 0.6) is 5.75 Å². The number of nitrogens with two attached hydrogens (primary N) is 1. The molecule has 2 N–H and O–H groups in total. The Labute approximate surface area is 114 Å². The summed E-state index contributed by atoms with van der Waals surface area (Å²) in [7, 11) is 0. The first-order valence-electron chi connectivity index (χ1n) is 6.20. The summed E-state index contributed by atoms with van der Waals surface area (Å²) in [6.45, 7) is 0. The van der Waals surface area contributed by atoms with Crippen molar-refractivity contribution in [3.8, 4) is 5.75 Å². The van der Waals surface area contributed by atoms with Crippen molar-refractivity contribution in [2.45, 2.75) is 18.6 Å². The third-order valence-electron chi connectivity index (χ3n) is 3.37. The number of halogens is 3. The zero-order valence-electron chi connectivity index (χ0n) is 10.4. The number of fused-ring (bicyclic) bond motifs is 1. The number of hydrogen-bond donors (Lipinski definition) is 1. The standard InChI is InChI=1S/C15H12F3NO/c16-9-1-2-14-12(6-9)13(19)7-15(20-14)8-3-10(17)5-11(18)4-8/h1-6,13,15H,7,19H2. The van der Waals surface area contributed by atoms with E-state index in [1.54, 1.807) is 0 Å². The van der Waals surface area contributed by atoms with E-state index < -0.39 is 29.6 Å². The van der Waals surface area contributed by atoms with Crippen LogP contribution in [-0.2, 0) is 0 Å². The van der Waals surface area contributed by atoms with Crippen molar-refractivity contribution in [1.29, 1.82) is 0 Å². The second-order valence-electron chi connectivity index (χ2n) is 4.83. The molecule has 5 heteroatoms. The van der Waals surface area contributed by atoms with Gasteiger partial charge in [0.15, 0.2) is 0 Å². The average Bonchev–Trinajstić information content (AvgIpc) is 2.38. The predicted octanol–water partition coefficient (Wildman–Crippen LogP) is 3.63. The summed E-state index contributed by atoms with van der Waals surface area (Å²) >= 11 is 0. The van der Waals surface area contributed by atoms with Crippen molar-refractivity contribution in [3.63, 3.8) is 0 Å². The first kappa shape index (κ1) is 13.0. The fourth-order valence-corrected chi connectivity index (χ4v) is 2.44. The van der Waals surface area contributed by atoms with Gasteiger partial charge in [-0.3, -0.25) is 0 Å². The lowest BCUT2D eigenvalue weighted by Gasteiger charge is -2.30. The van der Waals surface area contributed by atoms with Crippen LogP contribution in [0, 0.1) is 17.5 Å². The Morgan fingerprint density at radius 3 is 2.35 bits per heavy atom. The Balaban J connectivity index is 1.96. The van der Waals surface area contributed by atoms with Crippen molar-refractivity contribution >= 4 is 0 Å². The highest BCUT2D eigenvalue weighted by Crippen LogP contribution is 2.40. The Morgan fingerprint density at radius 2 is 1.65 bits per heavy atom. The summed E-state index contributed by atoms with van der Waals surface area (Å²) in [4.78, 5) is 0. The first-order valence-corrected chi connectivity index (χ1v) is 6.20. The molecule has 2 aromatic carbocycles. The molecule has 0 aliphatic carbocycles. The molecule has 1 aliphatic heterocycles. The molecule has 0 saturated heterocycles. The predicted molar refractivity (Wildman–Crippen MR) is 67.7 cm³/mol. The van der Waals surface area contributed by atoms with Gasteiger partial charge in [0.2, 0.25) is 0 Å². The van der Waals surface area contributed by atoms with Crippen LogP contribution < -0.4 is 10.5 Å². The van der Waals surface area contributed by atoms with Gasteiger partial charge < -0.3 is 10.5 Å². The van der Waals surface area contributed by atoms with E-state index in [1.165, 1.54) is 30.3 Å². The summed E-state index contributed by atoms with van der Waals surface area (Å²) < 4.78 is 45.4. The zero-order valence-corrected chi connectivity index (χ0v) is 10.4. The Hall–Kier alpha value is -2.01. The fourth-order valence-electron chi connectivity index (χ4n) is 2.44. The van der Waals surface area contributed by atoms with Crippen molar-refractivity contribution in [2.24, 2.45) is 5.73 Å². The lowest BCUT2D eigenvalue weighted by Crippen LogP contribution is -2.24. The van der Waals surface area contributed by atoms with E-state index in [0.717, 1.165) is 6.07 Å². The van der Waals surface area contributed by atoms with Crippen molar-refractivity contribution in [1.82, 2.24) is 0 Å². The third kappa shape index (κ3) is 2.36. The number of rotatable bonds is 1. The maximum Gasteiger partial charge on any atom is 0.126 e. The minimum Gasteiger partial charge on any atom is -0.485 e. The molecule has 3 rings (SSSR count). The molecule has 2 nitrogen and oxygen atoms in total. The van der Waals surface area contributed by atoms with E-state index in [2.05, 4.69) is 0 Å². The molecule has 0 aromatic heterocycles. The van der Waals surface area contributed by atoms with Gasteiger partial charge in [-0.05, 0) is 35.9 Å². The van der Waals surface area contributed by atoms with Crippen LogP contribution in [0.15, 0.2) is 36.4 Å². The highest BCUT2D eigenvalue weighted by atomic mass is 19.1. The highest BCUT2D eigenvalue weighted by Gasteiger charge is 2.28. The first-order chi connectivity index (χ1) is 9.52. The summed E-state index contributed by atoms with van der Waals surface area (Å²) in [5, 5.41) is 0. The van der Waals surface area contributed by atoms with Crippen LogP contribution in [0.4, 0.5) is 13.2 Å². The number of ether oxygens (including phenoxy) is 1. The van der Waals surface area contributed by atoms with Crippen molar-refractivity contribution in [2.75, 3.05) is 0 Å². The molecule has 0 bridgehead atoms. The molecule has 0 fully saturated rings. The number of benzene rings is 2. The second kappa shape index (κ2) is 4.83. The van der Waals surface area contributed by atoms with Gasteiger partial charge in [-0.25, -0.2) is 13.2 Å². The Bertz CT molecular complexity index is 639. The number of hydrogen-bond acceptors (Lipinski definition) is 2. The Morgan fingerprint density at radius 1 is 0.950 bits per heavy atom. The van der Waals surface area contributed by atoms with Gasteiger partial charge in [0.25, 0.3) is 0 Å². The highest BCUT2D eigenvalue weighted by molar-refractivity contribution is 5.39. The molecule has 0 spiro atoms. The molecular weight excluding hydrogens is 267 g/mol. The maximum absolute atomic E-state index is 13.3. The molecule has 0 radical (unpaired) electrons. The smallest absolute Gasteiger partial charge is 0.126 e. The van der Waals surface area contributed by atoms with Gasteiger partial charge in [0.1, 0.15) is 29.3 Å². The third-order valence-corrected chi connectivity index (χ3v) is 3.37. The van der Waals surface area contributed by atoms with E-state index in [9.17, 15) is 13.2 Å². The largest absolute Gasteiger partial charge is 0.485 e. The molecule has 2 atom stereocenters. The second-order valence-corrected chi connectivity index (χ2v) is 4.83. The monoisotopic (exact) mass is 279 g/mol. The topological polar surface area (TPSA) is 35.2 Å². The molecular formula is C15H12F3NO. The minimum absolute atomic E-state index is 0.333. The van der Waals surface area contributed by atoms with Crippen LogP contribution >= 0.6 is 0 Å². The molecule has 2 aromatic rings. The molecule has 1 heterocycles. The van der Waals surface area contributed by atoms with E-state index in [4.69, 9.17) is 10.5 Å². The SMILES string of the molecule is NC1CC(c2cc(F)cc(F)c2)Oc2ccc(F)cc21. The lowest BCUT2D eigenvalue weighted by molar-refractivity contribution is 0.160. The van der Waals surface area contributed by atoms with Crippen LogP contribution in [0.2, 0.25) is 0 Å². The molecule has 2 unspecified atom stereocenters. The molecule has 104 valence electrons. The minimum atomic E-state index is -0.665. The van der Waals surface area contributed by atoms with E-state index in [0.29, 0.717) is 23.3 Å². The average molecular weight is 279 g/mol. The van der Waals surface area contributed by atoms with Gasteiger partial charge in [-0.2, -0.15) is 0 Å². The van der Waals surface area contributed by atoms with Gasteiger partial charge in [-0.1, -0.05) is 0 Å². The summed E-state index contributed by atoms with van der Waals surface area (Å²) in [6, 6.07) is 6.86. The van der Waals surface area contributed by atoms with Gasteiger partial charge >= 0.3 is 0 Å². The molecule has 0 saturated carbocycles. The Kier molecular flexibility index (Phi) is 3.14. The van der Waals surface area contributed by atoms with E-state index >= 15 is 0 Å². The summed E-state index contributed by atoms with van der Waals surface area (Å²) in [5.74, 6) is -1.28. The summed E-state index contributed by atoms with van der Waals surface area (Å²) in [6.07, 6.45) is -0.215. The quantitative estimate of drug-likeness (QED) is 0.865. The zero-order chi connectivity index (χ0) is 14.3. The normalized spacial score (nSPS) is 21.2. The van der Waals surface area contributed by atoms with E-state index in [-0.39, 0.29) is 0 Å². The van der Waals surface area contributed by atoms with Crippen LogP contribution in [0.1, 0.15) is 29.7 Å². The van der Waals surface area contributed by atoms with Gasteiger partial charge in [0.05, 0.1) is 0 Å². The molecule has 0 amide bonds. The van der Waals surface area contributed by atoms with Crippen molar-refractivity contribution in [3.05, 3.63) is 65.0 Å². The molecule has 1 aliphatic rings. The van der Waals surface area contributed by atoms with E-state index in [1.807, 2.05) is 0 Å². The van der Waals surface area contributed by atoms with Gasteiger partial charge in [-0.15, -0.1) is 0 Å². The van der Waals surface area contributed by atoms with Gasteiger partial charge in [0, 0.05) is 24.1 Å². The van der Waals surface area contributed by atoms with Crippen molar-refractivity contribution < 1.29 is 17.9 Å². The maximum atomic E-state index is 13.3. The van der Waals surface area contributed by atoms with Crippen LogP contribution in [0.3, 0.4) is 0 Å². The fraction of sp³-hybridized carbons (Fsp3) is 0.200. The summed E-state index contributed by atoms with van der Waals surface area (Å²) in [5.41, 5.74) is 6.93. The lowest BCUT2D eigenvalue weighted by atomic mass is 9.93.